The number of carbonyl (C=O) groups excluding carboxylic acids is 1. The number of hydrogen-bond acceptors (Lipinski definition) is 5. The molecule has 98 valence electrons. The molecule has 1 saturated carbocycles. The molecular weight excluding hydrogens is 250 g/mol. The molecule has 3 rings (SSSR count). The number of hydrogen-bond donors (Lipinski definition) is 2. The van der Waals surface area contributed by atoms with E-state index in [0.717, 1.165) is 30.3 Å². The van der Waals surface area contributed by atoms with Gasteiger partial charge in [0.2, 0.25) is 5.13 Å². The highest BCUT2D eigenvalue weighted by Crippen LogP contribution is 2.39. The van der Waals surface area contributed by atoms with Crippen molar-refractivity contribution in [3.63, 3.8) is 0 Å². The average molecular weight is 267 g/mol. The van der Waals surface area contributed by atoms with Crippen LogP contribution in [0.3, 0.4) is 0 Å². The molecule has 1 aliphatic heterocycles. The number of nitrogens with two attached hydrogens (primary N) is 1. The Bertz CT molecular complexity index is 444. The third kappa shape index (κ3) is 2.55. The van der Waals surface area contributed by atoms with Crippen LogP contribution in [-0.2, 0) is 0 Å². The maximum absolute atomic E-state index is 11.1. The van der Waals surface area contributed by atoms with Gasteiger partial charge in [0.1, 0.15) is 5.82 Å². The van der Waals surface area contributed by atoms with Crippen LogP contribution in [0.4, 0.5) is 9.93 Å². The van der Waals surface area contributed by atoms with Crippen LogP contribution in [0.5, 0.6) is 0 Å². The summed E-state index contributed by atoms with van der Waals surface area (Å²) in [4.78, 5) is 17.3. The van der Waals surface area contributed by atoms with Crippen LogP contribution >= 0.6 is 11.5 Å². The summed E-state index contributed by atoms with van der Waals surface area (Å²) in [7, 11) is 0. The minimum absolute atomic E-state index is 0.242. The predicted molar refractivity (Wildman–Crippen MR) is 69.7 cm³/mol. The fourth-order valence-corrected chi connectivity index (χ4v) is 2.99. The van der Waals surface area contributed by atoms with Crippen molar-refractivity contribution in [1.82, 2.24) is 14.3 Å². The molecule has 1 aromatic heterocycles. The first-order chi connectivity index (χ1) is 8.72. The number of nitrogens with zero attached hydrogens (tertiary/aromatic N) is 3. The van der Waals surface area contributed by atoms with Crippen LogP contribution in [0, 0.1) is 0 Å². The van der Waals surface area contributed by atoms with Crippen molar-refractivity contribution < 1.29 is 4.79 Å². The normalized spacial score (nSPS) is 24.0. The molecule has 1 saturated heterocycles. The number of primary amides is 1. The van der Waals surface area contributed by atoms with Crippen LogP contribution in [0.25, 0.3) is 0 Å². The highest BCUT2D eigenvalue weighted by molar-refractivity contribution is 7.09. The second-order valence-corrected chi connectivity index (χ2v) is 5.75. The van der Waals surface area contributed by atoms with E-state index in [1.807, 2.05) is 0 Å². The van der Waals surface area contributed by atoms with Crippen molar-refractivity contribution >= 4 is 22.7 Å². The van der Waals surface area contributed by atoms with Gasteiger partial charge in [0.25, 0.3) is 0 Å². The molecule has 2 amide bonds. The molecule has 2 heterocycles. The van der Waals surface area contributed by atoms with E-state index >= 15 is 0 Å². The fourth-order valence-electron chi connectivity index (χ4n) is 2.27. The molecule has 0 spiro atoms. The quantitative estimate of drug-likeness (QED) is 0.866. The first kappa shape index (κ1) is 11.7. The SMILES string of the molecule is NC(=O)N1CCCC(Nc2nc(C3CC3)ns2)C1. The summed E-state index contributed by atoms with van der Waals surface area (Å²) in [5.74, 6) is 1.57. The number of aromatic nitrogens is 2. The molecule has 1 aromatic rings. The van der Waals surface area contributed by atoms with Gasteiger partial charge in [0.15, 0.2) is 0 Å². The van der Waals surface area contributed by atoms with Crippen LogP contribution < -0.4 is 11.1 Å². The average Bonchev–Trinajstić information content (AvgIpc) is 3.11. The molecule has 1 aliphatic carbocycles. The zero-order chi connectivity index (χ0) is 12.5. The van der Waals surface area contributed by atoms with Gasteiger partial charge in [-0.05, 0) is 25.7 Å². The number of urea groups is 1. The third-order valence-corrected chi connectivity index (χ3v) is 4.11. The van der Waals surface area contributed by atoms with E-state index in [1.54, 1.807) is 4.90 Å². The Morgan fingerprint density at radius 3 is 3.00 bits per heavy atom. The van der Waals surface area contributed by atoms with Crippen LogP contribution in [0.2, 0.25) is 0 Å². The van der Waals surface area contributed by atoms with Crippen molar-refractivity contribution in [2.45, 2.75) is 37.6 Å². The number of piperidine rings is 1. The lowest BCUT2D eigenvalue weighted by Gasteiger charge is -2.31. The summed E-state index contributed by atoms with van der Waals surface area (Å²) in [6.07, 6.45) is 4.46. The van der Waals surface area contributed by atoms with Crippen LogP contribution in [0.1, 0.15) is 37.4 Å². The van der Waals surface area contributed by atoms with Gasteiger partial charge in [0.05, 0.1) is 0 Å². The van der Waals surface area contributed by atoms with Gasteiger partial charge in [-0.25, -0.2) is 9.78 Å². The first-order valence-electron chi connectivity index (χ1n) is 6.37. The van der Waals surface area contributed by atoms with Gasteiger partial charge in [-0.2, -0.15) is 4.37 Å². The van der Waals surface area contributed by atoms with Crippen molar-refractivity contribution in [1.29, 1.82) is 0 Å². The molecule has 1 unspecified atom stereocenters. The Balaban J connectivity index is 1.59. The lowest BCUT2D eigenvalue weighted by molar-refractivity contribution is 0.192. The highest BCUT2D eigenvalue weighted by Gasteiger charge is 2.28. The second-order valence-electron chi connectivity index (χ2n) is 5.00. The Kier molecular flexibility index (Phi) is 3.07. The van der Waals surface area contributed by atoms with Crippen molar-refractivity contribution in [2.24, 2.45) is 5.73 Å². The molecule has 3 N–H and O–H groups in total. The zero-order valence-electron chi connectivity index (χ0n) is 10.1. The zero-order valence-corrected chi connectivity index (χ0v) is 10.9. The van der Waals surface area contributed by atoms with Gasteiger partial charge >= 0.3 is 6.03 Å². The van der Waals surface area contributed by atoms with Gasteiger partial charge in [-0.15, -0.1) is 0 Å². The molecular formula is C11H17N5OS. The summed E-state index contributed by atoms with van der Waals surface area (Å²) in [6.45, 7) is 1.42. The summed E-state index contributed by atoms with van der Waals surface area (Å²) in [6, 6.07) is -0.0938. The standard InChI is InChI=1S/C11H17N5OS/c12-10(17)16-5-1-2-8(6-16)13-11-14-9(15-18-11)7-3-4-7/h7-8H,1-6H2,(H2,12,17)(H,13,14,15). The molecule has 7 heteroatoms. The summed E-state index contributed by atoms with van der Waals surface area (Å²) < 4.78 is 4.36. The van der Waals surface area contributed by atoms with Crippen LogP contribution in [0.15, 0.2) is 0 Å². The highest BCUT2D eigenvalue weighted by atomic mass is 32.1. The minimum Gasteiger partial charge on any atom is -0.356 e. The van der Waals surface area contributed by atoms with Gasteiger partial charge < -0.3 is 16.0 Å². The lowest BCUT2D eigenvalue weighted by atomic mass is 10.1. The Labute approximate surface area is 110 Å². The van der Waals surface area contributed by atoms with Crippen LogP contribution in [-0.4, -0.2) is 39.4 Å². The van der Waals surface area contributed by atoms with Gasteiger partial charge in [-0.1, -0.05) is 0 Å². The summed E-state index contributed by atoms with van der Waals surface area (Å²) in [5.41, 5.74) is 5.31. The van der Waals surface area contributed by atoms with E-state index in [4.69, 9.17) is 5.73 Å². The number of amides is 2. The smallest absolute Gasteiger partial charge is 0.314 e. The van der Waals surface area contributed by atoms with Gasteiger partial charge in [-0.3, -0.25) is 0 Å². The van der Waals surface area contributed by atoms with Gasteiger partial charge in [0, 0.05) is 36.6 Å². The molecule has 6 nitrogen and oxygen atoms in total. The number of rotatable bonds is 3. The first-order valence-corrected chi connectivity index (χ1v) is 7.14. The molecule has 2 aliphatic rings. The summed E-state index contributed by atoms with van der Waals surface area (Å²) >= 11 is 1.41. The molecule has 0 aromatic carbocycles. The molecule has 1 atom stereocenters. The lowest BCUT2D eigenvalue weighted by Crippen LogP contribution is -2.47. The van der Waals surface area contributed by atoms with E-state index in [2.05, 4.69) is 14.7 Å². The summed E-state index contributed by atoms with van der Waals surface area (Å²) in [5, 5.41) is 4.23. The molecule has 0 radical (unpaired) electrons. The monoisotopic (exact) mass is 267 g/mol. The second kappa shape index (κ2) is 4.72. The molecule has 18 heavy (non-hydrogen) atoms. The third-order valence-electron chi connectivity index (χ3n) is 3.44. The fraction of sp³-hybridized carbons (Fsp3) is 0.727. The number of likely N-dealkylation sites (tertiary alicyclic amines) is 1. The topological polar surface area (TPSA) is 84.1 Å². The Morgan fingerprint density at radius 1 is 1.44 bits per heavy atom. The maximum atomic E-state index is 11.1. The van der Waals surface area contributed by atoms with E-state index in [1.165, 1.54) is 24.4 Å². The van der Waals surface area contributed by atoms with Crippen molar-refractivity contribution in [3.8, 4) is 0 Å². The Morgan fingerprint density at radius 2 is 2.28 bits per heavy atom. The van der Waals surface area contributed by atoms with E-state index < -0.39 is 0 Å². The van der Waals surface area contributed by atoms with E-state index in [9.17, 15) is 4.79 Å². The predicted octanol–water partition coefficient (Wildman–Crippen LogP) is 1.37. The number of carbonyl (C=O) groups is 1. The molecule has 2 fully saturated rings. The van der Waals surface area contributed by atoms with E-state index in [0.29, 0.717) is 12.5 Å². The van der Waals surface area contributed by atoms with E-state index in [-0.39, 0.29) is 12.1 Å². The van der Waals surface area contributed by atoms with Crippen molar-refractivity contribution in [3.05, 3.63) is 5.82 Å². The Hall–Kier alpha value is -1.37. The number of anilines is 1. The maximum Gasteiger partial charge on any atom is 0.314 e. The van der Waals surface area contributed by atoms with Crippen molar-refractivity contribution in [2.75, 3.05) is 18.4 Å². The minimum atomic E-state index is -0.336. The molecule has 0 bridgehead atoms. The largest absolute Gasteiger partial charge is 0.356 e. The number of nitrogens with one attached hydrogen (secondary N) is 1.